The van der Waals surface area contributed by atoms with E-state index in [0.717, 1.165) is 10.6 Å². The molecule has 1 rings (SSSR count). The molecule has 0 atom stereocenters. The summed E-state index contributed by atoms with van der Waals surface area (Å²) in [5.41, 5.74) is 0.816. The Bertz CT molecular complexity index is 463. The van der Waals surface area contributed by atoms with Crippen LogP contribution in [0.15, 0.2) is 29.2 Å². The van der Waals surface area contributed by atoms with Crippen LogP contribution in [0.5, 0.6) is 0 Å². The van der Waals surface area contributed by atoms with E-state index >= 15 is 0 Å². The number of benzene rings is 1. The van der Waals surface area contributed by atoms with Crippen LogP contribution < -0.4 is 10.2 Å². The monoisotopic (exact) mass is 297 g/mol. The van der Waals surface area contributed by atoms with Gasteiger partial charge in [-0.2, -0.15) is 0 Å². The smallest absolute Gasteiger partial charge is 0.223 e. The largest absolute Gasteiger partial charge is 0.361 e. The average molecular weight is 297 g/mol. The van der Waals surface area contributed by atoms with E-state index in [2.05, 4.69) is 17.9 Å². The molecule has 0 heterocycles. The first-order chi connectivity index (χ1) is 8.93. The molecule has 104 valence electrons. The van der Waals surface area contributed by atoms with Crippen LogP contribution in [-0.2, 0) is 4.79 Å². The molecule has 0 aliphatic rings. The second-order valence-electron chi connectivity index (χ2n) is 4.29. The number of hydrogen-bond donors (Lipinski definition) is 2. The fraction of sp³-hybridized carbons (Fsp3) is 0.385. The minimum atomic E-state index is -0.0147. The van der Waals surface area contributed by atoms with Crippen LogP contribution in [0.25, 0.3) is 0 Å². The summed E-state index contributed by atoms with van der Waals surface area (Å²) in [6.07, 6.45) is 0. The van der Waals surface area contributed by atoms with E-state index in [0.29, 0.717) is 18.2 Å². The first-order valence-corrected chi connectivity index (χ1v) is 6.80. The Morgan fingerprint density at radius 3 is 2.53 bits per heavy atom. The Balaban J connectivity index is 2.68. The summed E-state index contributed by atoms with van der Waals surface area (Å²) in [6, 6.07) is 7.53. The average Bonchev–Trinajstić information content (AvgIpc) is 2.35. The van der Waals surface area contributed by atoms with Gasteiger partial charge >= 0.3 is 0 Å². The van der Waals surface area contributed by atoms with Gasteiger partial charge in [0.1, 0.15) is 0 Å². The van der Waals surface area contributed by atoms with Crippen molar-refractivity contribution >= 4 is 41.6 Å². The fourth-order valence-corrected chi connectivity index (χ4v) is 1.96. The minimum absolute atomic E-state index is 0.0147. The molecule has 0 unspecified atom stereocenters. The van der Waals surface area contributed by atoms with Gasteiger partial charge in [0.15, 0.2) is 5.11 Å². The molecular weight excluding hydrogens is 278 g/mol. The third-order valence-electron chi connectivity index (χ3n) is 2.57. The number of nitrogens with one attached hydrogen (secondary N) is 1. The lowest BCUT2D eigenvalue weighted by molar-refractivity contribution is -0.116. The van der Waals surface area contributed by atoms with Crippen molar-refractivity contribution in [3.05, 3.63) is 24.3 Å². The van der Waals surface area contributed by atoms with Gasteiger partial charge in [-0.3, -0.25) is 4.79 Å². The van der Waals surface area contributed by atoms with Crippen LogP contribution in [0.1, 0.15) is 6.92 Å². The second-order valence-corrected chi connectivity index (χ2v) is 5.15. The zero-order valence-electron chi connectivity index (χ0n) is 11.4. The van der Waals surface area contributed by atoms with Crippen molar-refractivity contribution in [3.8, 4) is 0 Å². The van der Waals surface area contributed by atoms with Crippen molar-refractivity contribution in [2.75, 3.05) is 32.1 Å². The third kappa shape index (κ3) is 4.72. The van der Waals surface area contributed by atoms with Crippen molar-refractivity contribution in [3.63, 3.8) is 0 Å². The number of amides is 1. The Morgan fingerprint density at radius 1 is 1.37 bits per heavy atom. The van der Waals surface area contributed by atoms with Crippen molar-refractivity contribution in [2.45, 2.75) is 11.8 Å². The van der Waals surface area contributed by atoms with E-state index in [1.807, 2.05) is 43.3 Å². The number of anilines is 1. The molecule has 0 spiro atoms. The maximum atomic E-state index is 11.7. The molecule has 0 radical (unpaired) electrons. The summed E-state index contributed by atoms with van der Waals surface area (Å²) < 4.78 is 0. The Morgan fingerprint density at radius 2 is 2.00 bits per heavy atom. The molecule has 0 bridgehead atoms. The maximum Gasteiger partial charge on any atom is 0.223 e. The fourth-order valence-electron chi connectivity index (χ4n) is 1.57. The summed E-state index contributed by atoms with van der Waals surface area (Å²) in [6.45, 7) is 2.68. The lowest BCUT2D eigenvalue weighted by Crippen LogP contribution is -2.41. The highest BCUT2D eigenvalue weighted by Crippen LogP contribution is 2.23. The number of para-hydroxylation sites is 1. The first kappa shape index (κ1) is 15.8. The molecule has 1 N–H and O–H groups in total. The maximum absolute atomic E-state index is 11.7. The van der Waals surface area contributed by atoms with Gasteiger partial charge in [-0.25, -0.2) is 0 Å². The quantitative estimate of drug-likeness (QED) is 0.656. The summed E-state index contributed by atoms with van der Waals surface area (Å²) in [4.78, 5) is 16.0. The standard InChI is InChI=1S/C13H19N3OS2/c1-10(17)16(9-8-14-13(19)15(2)3)11-6-4-5-7-12(11)18/h4-7,18H,8-9H2,1-3H3,(H,14,19). The third-order valence-corrected chi connectivity index (χ3v) is 3.46. The summed E-state index contributed by atoms with van der Waals surface area (Å²) in [7, 11) is 3.75. The lowest BCUT2D eigenvalue weighted by atomic mass is 10.3. The minimum Gasteiger partial charge on any atom is -0.361 e. The second kappa shape index (κ2) is 7.35. The van der Waals surface area contributed by atoms with Crippen LogP contribution in [0, 0.1) is 0 Å². The van der Waals surface area contributed by atoms with Crippen molar-refractivity contribution in [1.82, 2.24) is 10.2 Å². The lowest BCUT2D eigenvalue weighted by Gasteiger charge is -2.24. The van der Waals surface area contributed by atoms with Gasteiger partial charge in [0.2, 0.25) is 5.91 Å². The Hall–Kier alpha value is -1.27. The van der Waals surface area contributed by atoms with Gasteiger partial charge in [-0.05, 0) is 24.4 Å². The molecule has 4 nitrogen and oxygen atoms in total. The van der Waals surface area contributed by atoms with Gasteiger partial charge in [0.25, 0.3) is 0 Å². The highest BCUT2D eigenvalue weighted by Gasteiger charge is 2.13. The zero-order valence-corrected chi connectivity index (χ0v) is 13.1. The van der Waals surface area contributed by atoms with E-state index in [-0.39, 0.29) is 5.91 Å². The Labute approximate surface area is 125 Å². The number of rotatable bonds is 4. The van der Waals surface area contributed by atoms with Crippen LogP contribution in [0.2, 0.25) is 0 Å². The summed E-state index contributed by atoms with van der Waals surface area (Å²) >= 11 is 9.51. The Kier molecular flexibility index (Phi) is 6.11. The molecule has 0 fully saturated rings. The molecule has 0 aliphatic carbocycles. The van der Waals surface area contributed by atoms with E-state index in [9.17, 15) is 4.79 Å². The molecule has 0 saturated carbocycles. The molecule has 0 aromatic heterocycles. The first-order valence-electron chi connectivity index (χ1n) is 5.94. The van der Waals surface area contributed by atoms with E-state index in [1.54, 1.807) is 11.8 Å². The molecule has 6 heteroatoms. The predicted octanol–water partition coefficient (Wildman–Crippen LogP) is 1.76. The number of thiocarbonyl (C=S) groups is 1. The van der Waals surface area contributed by atoms with E-state index in [1.165, 1.54) is 0 Å². The highest BCUT2D eigenvalue weighted by atomic mass is 32.1. The predicted molar refractivity (Wildman–Crippen MR) is 86.0 cm³/mol. The van der Waals surface area contributed by atoms with Gasteiger partial charge in [-0.1, -0.05) is 12.1 Å². The zero-order chi connectivity index (χ0) is 14.4. The van der Waals surface area contributed by atoms with Crippen LogP contribution in [-0.4, -0.2) is 43.1 Å². The molecule has 1 amide bonds. The number of carbonyl (C=O) groups is 1. The van der Waals surface area contributed by atoms with Crippen molar-refractivity contribution < 1.29 is 4.79 Å². The van der Waals surface area contributed by atoms with Crippen LogP contribution >= 0.6 is 24.8 Å². The van der Waals surface area contributed by atoms with Crippen molar-refractivity contribution in [2.24, 2.45) is 0 Å². The number of hydrogen-bond acceptors (Lipinski definition) is 3. The van der Waals surface area contributed by atoms with E-state index < -0.39 is 0 Å². The van der Waals surface area contributed by atoms with Gasteiger partial charge in [-0.15, -0.1) is 12.6 Å². The molecule has 1 aromatic carbocycles. The van der Waals surface area contributed by atoms with Gasteiger partial charge in [0.05, 0.1) is 5.69 Å². The number of carbonyl (C=O) groups excluding carboxylic acids is 1. The summed E-state index contributed by atoms with van der Waals surface area (Å²) in [5, 5.41) is 3.75. The number of thiol groups is 1. The highest BCUT2D eigenvalue weighted by molar-refractivity contribution is 7.80. The normalized spacial score (nSPS) is 9.89. The molecule has 0 saturated heterocycles. The SMILES string of the molecule is CC(=O)N(CCNC(=S)N(C)C)c1ccccc1S. The van der Waals surface area contributed by atoms with E-state index in [4.69, 9.17) is 12.2 Å². The van der Waals surface area contributed by atoms with Crippen LogP contribution in [0.4, 0.5) is 5.69 Å². The van der Waals surface area contributed by atoms with Gasteiger partial charge < -0.3 is 15.1 Å². The topological polar surface area (TPSA) is 35.6 Å². The van der Waals surface area contributed by atoms with Crippen LogP contribution in [0.3, 0.4) is 0 Å². The van der Waals surface area contributed by atoms with Gasteiger partial charge in [0, 0.05) is 39.0 Å². The molecule has 19 heavy (non-hydrogen) atoms. The summed E-state index contributed by atoms with van der Waals surface area (Å²) in [5.74, 6) is -0.0147. The molecule has 0 aliphatic heterocycles. The van der Waals surface area contributed by atoms with Crippen molar-refractivity contribution in [1.29, 1.82) is 0 Å². The number of nitrogens with zero attached hydrogens (tertiary/aromatic N) is 2. The molecular formula is C13H19N3OS2. The molecule has 1 aromatic rings.